The number of carbonyl (C=O) groups is 2. The van der Waals surface area contributed by atoms with Crippen LogP contribution < -0.4 is 10.6 Å². The number of nitrogens with zero attached hydrogens (tertiary/aromatic N) is 3. The van der Waals surface area contributed by atoms with Crippen molar-refractivity contribution < 1.29 is 19.4 Å². The number of aryl methyl sites for hydroxylation is 2. The normalized spacial score (nSPS) is 14.2. The van der Waals surface area contributed by atoms with Crippen LogP contribution in [0.15, 0.2) is 18.3 Å². The molecular weight excluding hydrogens is 496 g/mol. The number of amides is 1. The van der Waals surface area contributed by atoms with Crippen molar-refractivity contribution in [1.29, 1.82) is 0 Å². The van der Waals surface area contributed by atoms with E-state index in [-0.39, 0.29) is 22.7 Å². The fraction of sp³-hybridized carbons (Fsp3) is 0.615. The standard InChI is InChI=1S/C26H39ClN6O4/c1-26(2,3)37-16-15-33(13-5-4-8-19-10-9-18-7-6-12-28-23(18)30-19)14-11-21(25(35)36)31-24(34)22-20(27)17-29-32-22/h9-10,17,21H,4-8,11-16H2,1-3H3,(H,28,30)(H,29,32)(H,31,34)(H,35,36). The number of aromatic amines is 1. The number of H-pyrrole nitrogens is 1. The first kappa shape index (κ1) is 28.9. The van der Waals surface area contributed by atoms with Crippen molar-refractivity contribution in [2.24, 2.45) is 0 Å². The molecule has 2 aromatic heterocycles. The van der Waals surface area contributed by atoms with Crippen molar-refractivity contribution >= 4 is 29.3 Å². The maximum absolute atomic E-state index is 12.4. The minimum Gasteiger partial charge on any atom is -0.480 e. The fourth-order valence-electron chi connectivity index (χ4n) is 4.20. The Morgan fingerprint density at radius 1 is 1.24 bits per heavy atom. The van der Waals surface area contributed by atoms with Gasteiger partial charge in [0.1, 0.15) is 11.9 Å². The van der Waals surface area contributed by atoms with Gasteiger partial charge in [0.25, 0.3) is 5.91 Å². The van der Waals surface area contributed by atoms with E-state index < -0.39 is 17.9 Å². The summed E-state index contributed by atoms with van der Waals surface area (Å²) in [6, 6.07) is 3.24. The number of carbonyl (C=O) groups excluding carboxylic acids is 1. The predicted molar refractivity (Wildman–Crippen MR) is 143 cm³/mol. The number of pyridine rings is 1. The molecule has 4 N–H and O–H groups in total. The van der Waals surface area contributed by atoms with E-state index in [2.05, 4.69) is 37.9 Å². The minimum atomic E-state index is -1.10. The van der Waals surface area contributed by atoms with Crippen LogP contribution in [0.25, 0.3) is 0 Å². The molecule has 0 fully saturated rings. The molecule has 1 aliphatic heterocycles. The Labute approximate surface area is 223 Å². The zero-order valence-electron chi connectivity index (χ0n) is 22.0. The van der Waals surface area contributed by atoms with Crippen LogP contribution in [0.1, 0.15) is 68.2 Å². The molecule has 10 nitrogen and oxygen atoms in total. The van der Waals surface area contributed by atoms with Gasteiger partial charge in [0.2, 0.25) is 0 Å². The Hall–Kier alpha value is -2.69. The summed E-state index contributed by atoms with van der Waals surface area (Å²) in [5.41, 5.74) is 2.10. The smallest absolute Gasteiger partial charge is 0.326 e. The highest BCUT2D eigenvalue weighted by atomic mass is 35.5. The lowest BCUT2D eigenvalue weighted by atomic mass is 10.1. The molecule has 1 atom stereocenters. The van der Waals surface area contributed by atoms with Gasteiger partial charge in [-0.05, 0) is 77.5 Å². The molecule has 1 aliphatic rings. The number of fused-ring (bicyclic) bond motifs is 1. The topological polar surface area (TPSA) is 132 Å². The second kappa shape index (κ2) is 13.7. The molecule has 3 heterocycles. The first-order chi connectivity index (χ1) is 17.6. The number of rotatable bonds is 14. The summed E-state index contributed by atoms with van der Waals surface area (Å²) in [5, 5.41) is 22.0. The molecule has 204 valence electrons. The summed E-state index contributed by atoms with van der Waals surface area (Å²) < 4.78 is 5.90. The van der Waals surface area contributed by atoms with Crippen LogP contribution in [-0.2, 0) is 22.4 Å². The van der Waals surface area contributed by atoms with E-state index in [4.69, 9.17) is 21.3 Å². The molecule has 1 unspecified atom stereocenters. The van der Waals surface area contributed by atoms with Crippen LogP contribution in [-0.4, -0.2) is 81.5 Å². The third-order valence-electron chi connectivity index (χ3n) is 6.20. The maximum atomic E-state index is 12.4. The molecule has 0 saturated heterocycles. The van der Waals surface area contributed by atoms with E-state index in [0.717, 1.165) is 56.7 Å². The number of nitrogens with one attached hydrogen (secondary N) is 3. The summed E-state index contributed by atoms with van der Waals surface area (Å²) in [7, 11) is 0. The lowest BCUT2D eigenvalue weighted by molar-refractivity contribution is -0.139. The molecule has 0 bridgehead atoms. The molecule has 0 radical (unpaired) electrons. The highest BCUT2D eigenvalue weighted by Gasteiger charge is 2.24. The lowest BCUT2D eigenvalue weighted by Gasteiger charge is -2.26. The molecule has 0 saturated carbocycles. The number of aromatic nitrogens is 3. The van der Waals surface area contributed by atoms with Crippen LogP contribution in [0.2, 0.25) is 5.02 Å². The molecule has 0 aliphatic carbocycles. The Balaban J connectivity index is 1.51. The zero-order valence-corrected chi connectivity index (χ0v) is 22.7. The van der Waals surface area contributed by atoms with Crippen LogP contribution >= 0.6 is 11.6 Å². The summed E-state index contributed by atoms with van der Waals surface area (Å²) in [6.07, 6.45) is 6.64. The van der Waals surface area contributed by atoms with E-state index >= 15 is 0 Å². The largest absolute Gasteiger partial charge is 0.480 e. The van der Waals surface area contributed by atoms with E-state index in [1.807, 2.05) is 20.8 Å². The number of anilines is 1. The van der Waals surface area contributed by atoms with Crippen LogP contribution in [0.4, 0.5) is 5.82 Å². The number of unbranched alkanes of at least 4 members (excludes halogenated alkanes) is 1. The van der Waals surface area contributed by atoms with Gasteiger partial charge in [-0.15, -0.1) is 0 Å². The third-order valence-corrected chi connectivity index (χ3v) is 6.49. The van der Waals surface area contributed by atoms with E-state index in [1.165, 1.54) is 11.8 Å². The van der Waals surface area contributed by atoms with Gasteiger partial charge in [0.05, 0.1) is 17.2 Å². The van der Waals surface area contributed by atoms with Crippen molar-refractivity contribution in [3.63, 3.8) is 0 Å². The second-order valence-electron chi connectivity index (χ2n) is 10.3. The molecule has 3 rings (SSSR count). The SMILES string of the molecule is CC(C)(C)OCCN(CCCCc1ccc2c(n1)NCCC2)CCC(NC(=O)c1n[nH]cc1Cl)C(=O)O. The summed E-state index contributed by atoms with van der Waals surface area (Å²) in [4.78, 5) is 31.2. The number of aliphatic carboxylic acids is 1. The average molecular weight is 535 g/mol. The van der Waals surface area contributed by atoms with Gasteiger partial charge in [-0.25, -0.2) is 9.78 Å². The average Bonchev–Trinajstić information content (AvgIpc) is 3.28. The molecule has 0 aromatic carbocycles. The van der Waals surface area contributed by atoms with Gasteiger partial charge in [-0.3, -0.25) is 9.89 Å². The highest BCUT2D eigenvalue weighted by molar-refractivity contribution is 6.33. The summed E-state index contributed by atoms with van der Waals surface area (Å²) >= 11 is 5.94. The van der Waals surface area contributed by atoms with Gasteiger partial charge < -0.3 is 25.4 Å². The molecule has 2 aromatic rings. The molecule has 0 spiro atoms. The Bertz CT molecular complexity index is 1040. The first-order valence-electron chi connectivity index (χ1n) is 12.9. The Morgan fingerprint density at radius 3 is 2.76 bits per heavy atom. The van der Waals surface area contributed by atoms with Gasteiger partial charge in [0, 0.05) is 31.5 Å². The van der Waals surface area contributed by atoms with Gasteiger partial charge in [0.15, 0.2) is 5.69 Å². The Morgan fingerprint density at radius 2 is 2.05 bits per heavy atom. The summed E-state index contributed by atoms with van der Waals surface area (Å²) in [6.45, 7) is 9.50. The molecule has 11 heteroatoms. The molecule has 1 amide bonds. The van der Waals surface area contributed by atoms with E-state index in [9.17, 15) is 14.7 Å². The summed E-state index contributed by atoms with van der Waals surface area (Å²) in [5.74, 6) is -0.700. The number of ether oxygens (including phenoxy) is 1. The fourth-order valence-corrected chi connectivity index (χ4v) is 4.37. The van der Waals surface area contributed by atoms with Crippen molar-refractivity contribution in [1.82, 2.24) is 25.4 Å². The number of carboxylic acid groups (broad SMARTS) is 1. The predicted octanol–water partition coefficient (Wildman–Crippen LogP) is 3.53. The van der Waals surface area contributed by atoms with Crippen LogP contribution in [0.3, 0.4) is 0 Å². The Kier molecular flexibility index (Phi) is 10.7. The van der Waals surface area contributed by atoms with Gasteiger partial charge in [-0.2, -0.15) is 5.10 Å². The van der Waals surface area contributed by atoms with Crippen LogP contribution in [0, 0.1) is 0 Å². The number of carboxylic acids is 1. The lowest BCUT2D eigenvalue weighted by Crippen LogP contribution is -2.44. The number of halogens is 1. The van der Waals surface area contributed by atoms with Crippen molar-refractivity contribution in [2.75, 3.05) is 38.1 Å². The van der Waals surface area contributed by atoms with Crippen molar-refractivity contribution in [3.05, 3.63) is 40.3 Å². The number of hydrogen-bond donors (Lipinski definition) is 4. The molecular formula is C26H39ClN6O4. The number of hydrogen-bond acceptors (Lipinski definition) is 7. The highest BCUT2D eigenvalue weighted by Crippen LogP contribution is 2.20. The first-order valence-corrected chi connectivity index (χ1v) is 13.3. The second-order valence-corrected chi connectivity index (χ2v) is 10.7. The minimum absolute atomic E-state index is 0.0191. The van der Waals surface area contributed by atoms with Crippen molar-refractivity contribution in [2.45, 2.75) is 70.9 Å². The van der Waals surface area contributed by atoms with E-state index in [1.54, 1.807) is 0 Å². The van der Waals surface area contributed by atoms with Crippen LogP contribution in [0.5, 0.6) is 0 Å². The zero-order chi connectivity index (χ0) is 26.8. The van der Waals surface area contributed by atoms with E-state index in [0.29, 0.717) is 19.7 Å². The van der Waals surface area contributed by atoms with Gasteiger partial charge in [-0.1, -0.05) is 17.7 Å². The van der Waals surface area contributed by atoms with Crippen molar-refractivity contribution in [3.8, 4) is 0 Å². The quantitative estimate of drug-likeness (QED) is 0.271. The monoisotopic (exact) mass is 534 g/mol. The third kappa shape index (κ3) is 9.60. The molecule has 37 heavy (non-hydrogen) atoms. The maximum Gasteiger partial charge on any atom is 0.326 e. The van der Waals surface area contributed by atoms with Gasteiger partial charge >= 0.3 is 5.97 Å².